The van der Waals surface area contributed by atoms with Crippen LogP contribution in [0.2, 0.25) is 5.02 Å². The largest absolute Gasteiger partial charge is 0.325 e. The van der Waals surface area contributed by atoms with Gasteiger partial charge in [0.2, 0.25) is 5.91 Å². The molecule has 1 atom stereocenters. The van der Waals surface area contributed by atoms with Gasteiger partial charge in [-0.2, -0.15) is 5.26 Å². The SMILES string of the molecule is C[C@H](N)C(=O)Nc1ccc(Cl)c(C#N)c1. The summed E-state index contributed by atoms with van der Waals surface area (Å²) in [5, 5.41) is 11.6. The van der Waals surface area contributed by atoms with Gasteiger partial charge < -0.3 is 11.1 Å². The van der Waals surface area contributed by atoms with Crippen molar-refractivity contribution in [2.24, 2.45) is 5.73 Å². The van der Waals surface area contributed by atoms with Crippen LogP contribution in [0.3, 0.4) is 0 Å². The molecule has 0 aliphatic rings. The molecule has 1 aromatic rings. The van der Waals surface area contributed by atoms with Crippen molar-refractivity contribution in [1.29, 1.82) is 5.26 Å². The maximum atomic E-state index is 11.2. The molecule has 0 heterocycles. The normalized spacial score (nSPS) is 11.6. The summed E-state index contributed by atoms with van der Waals surface area (Å²) >= 11 is 5.74. The molecule has 1 rings (SSSR count). The number of hydrogen-bond acceptors (Lipinski definition) is 3. The molecule has 0 aliphatic carbocycles. The maximum Gasteiger partial charge on any atom is 0.240 e. The average molecular weight is 224 g/mol. The molecule has 0 unspecified atom stereocenters. The minimum atomic E-state index is -0.591. The van der Waals surface area contributed by atoms with Crippen LogP contribution in [0.25, 0.3) is 0 Å². The molecule has 0 spiro atoms. The molecule has 1 aromatic carbocycles. The lowest BCUT2D eigenvalue weighted by Crippen LogP contribution is -2.32. The zero-order valence-corrected chi connectivity index (χ0v) is 8.88. The highest BCUT2D eigenvalue weighted by Gasteiger charge is 2.08. The van der Waals surface area contributed by atoms with Crippen molar-refractivity contribution in [2.45, 2.75) is 13.0 Å². The number of hydrogen-bond donors (Lipinski definition) is 2. The standard InChI is InChI=1S/C10H10ClN3O/c1-6(13)10(15)14-8-2-3-9(11)7(4-8)5-12/h2-4,6H,13H2,1H3,(H,14,15)/t6-/m0/s1. The van der Waals surface area contributed by atoms with Crippen LogP contribution in [-0.2, 0) is 4.79 Å². The highest BCUT2D eigenvalue weighted by molar-refractivity contribution is 6.31. The maximum absolute atomic E-state index is 11.2. The van der Waals surface area contributed by atoms with E-state index in [0.29, 0.717) is 16.3 Å². The van der Waals surface area contributed by atoms with E-state index in [1.54, 1.807) is 19.1 Å². The van der Waals surface area contributed by atoms with Crippen LogP contribution in [0.15, 0.2) is 18.2 Å². The first-order valence-corrected chi connectivity index (χ1v) is 4.68. The van der Waals surface area contributed by atoms with Gasteiger partial charge in [0.05, 0.1) is 16.6 Å². The number of carbonyl (C=O) groups excluding carboxylic acids is 1. The van der Waals surface area contributed by atoms with E-state index >= 15 is 0 Å². The monoisotopic (exact) mass is 223 g/mol. The Morgan fingerprint density at radius 1 is 1.67 bits per heavy atom. The Hall–Kier alpha value is -1.57. The number of nitrogens with zero attached hydrogens (tertiary/aromatic N) is 1. The molecule has 3 N–H and O–H groups in total. The lowest BCUT2D eigenvalue weighted by molar-refractivity contribution is -0.117. The smallest absolute Gasteiger partial charge is 0.240 e. The number of nitrogens with two attached hydrogens (primary N) is 1. The summed E-state index contributed by atoms with van der Waals surface area (Å²) < 4.78 is 0. The Balaban J connectivity index is 2.89. The minimum Gasteiger partial charge on any atom is -0.325 e. The average Bonchev–Trinajstić information content (AvgIpc) is 2.20. The third kappa shape index (κ3) is 2.94. The zero-order chi connectivity index (χ0) is 11.4. The first-order chi connectivity index (χ1) is 7.04. The Kier molecular flexibility index (Phi) is 3.67. The number of nitrogens with one attached hydrogen (secondary N) is 1. The van der Waals surface area contributed by atoms with Crippen molar-refractivity contribution in [3.63, 3.8) is 0 Å². The number of rotatable bonds is 2. The summed E-state index contributed by atoms with van der Waals surface area (Å²) in [4.78, 5) is 11.2. The summed E-state index contributed by atoms with van der Waals surface area (Å²) in [5.74, 6) is -0.304. The van der Waals surface area contributed by atoms with Crippen LogP contribution in [0.4, 0.5) is 5.69 Å². The summed E-state index contributed by atoms with van der Waals surface area (Å²) in [6.45, 7) is 1.58. The van der Waals surface area contributed by atoms with Gasteiger partial charge in [-0.3, -0.25) is 4.79 Å². The highest BCUT2D eigenvalue weighted by atomic mass is 35.5. The second kappa shape index (κ2) is 4.78. The van der Waals surface area contributed by atoms with Crippen molar-refractivity contribution >= 4 is 23.2 Å². The summed E-state index contributed by atoms with van der Waals surface area (Å²) in [7, 11) is 0. The topological polar surface area (TPSA) is 78.9 Å². The van der Waals surface area contributed by atoms with E-state index in [0.717, 1.165) is 0 Å². The van der Waals surface area contributed by atoms with E-state index in [2.05, 4.69) is 5.32 Å². The molecule has 0 saturated heterocycles. The third-order valence-electron chi connectivity index (χ3n) is 1.77. The zero-order valence-electron chi connectivity index (χ0n) is 8.12. The highest BCUT2D eigenvalue weighted by Crippen LogP contribution is 2.19. The van der Waals surface area contributed by atoms with Crippen LogP contribution in [0, 0.1) is 11.3 Å². The van der Waals surface area contributed by atoms with Gasteiger partial charge in [-0.25, -0.2) is 0 Å². The molecule has 0 bridgehead atoms. The van der Waals surface area contributed by atoms with Crippen LogP contribution in [-0.4, -0.2) is 11.9 Å². The fourth-order valence-electron chi connectivity index (χ4n) is 0.945. The number of anilines is 1. The summed E-state index contributed by atoms with van der Waals surface area (Å²) in [5.41, 5.74) is 6.21. The molecule has 5 heteroatoms. The molecule has 15 heavy (non-hydrogen) atoms. The van der Waals surface area contributed by atoms with Crippen LogP contribution >= 0.6 is 11.6 Å². The Bertz CT molecular complexity index is 423. The van der Waals surface area contributed by atoms with Crippen molar-refractivity contribution in [1.82, 2.24) is 0 Å². The predicted molar refractivity (Wildman–Crippen MR) is 58.4 cm³/mol. The molecular formula is C10H10ClN3O. The van der Waals surface area contributed by atoms with Crippen molar-refractivity contribution in [3.8, 4) is 6.07 Å². The van der Waals surface area contributed by atoms with Crippen molar-refractivity contribution in [3.05, 3.63) is 28.8 Å². The quantitative estimate of drug-likeness (QED) is 0.798. The van der Waals surface area contributed by atoms with Gasteiger partial charge in [0.25, 0.3) is 0 Å². The van der Waals surface area contributed by atoms with Crippen LogP contribution in [0.1, 0.15) is 12.5 Å². The fraction of sp³-hybridized carbons (Fsp3) is 0.200. The Labute approximate surface area is 92.6 Å². The first-order valence-electron chi connectivity index (χ1n) is 4.30. The lowest BCUT2D eigenvalue weighted by Gasteiger charge is -2.08. The van der Waals surface area contributed by atoms with E-state index in [4.69, 9.17) is 22.6 Å². The predicted octanol–water partition coefficient (Wildman–Crippen LogP) is 1.50. The minimum absolute atomic E-state index is 0.304. The first kappa shape index (κ1) is 11.5. The number of halogens is 1. The van der Waals surface area contributed by atoms with E-state index in [-0.39, 0.29) is 5.91 Å². The summed E-state index contributed by atoms with van der Waals surface area (Å²) in [6, 6.07) is 6.00. The Morgan fingerprint density at radius 3 is 2.87 bits per heavy atom. The lowest BCUT2D eigenvalue weighted by atomic mass is 10.2. The van der Waals surface area contributed by atoms with Gasteiger partial charge in [0.15, 0.2) is 0 Å². The van der Waals surface area contributed by atoms with Gasteiger partial charge in [0.1, 0.15) is 6.07 Å². The fourth-order valence-corrected chi connectivity index (χ4v) is 1.10. The molecule has 0 aliphatic heterocycles. The second-order valence-corrected chi connectivity index (χ2v) is 3.49. The van der Waals surface area contributed by atoms with Gasteiger partial charge >= 0.3 is 0 Å². The third-order valence-corrected chi connectivity index (χ3v) is 2.10. The summed E-state index contributed by atoms with van der Waals surface area (Å²) in [6.07, 6.45) is 0. The molecular weight excluding hydrogens is 214 g/mol. The van der Waals surface area contributed by atoms with Gasteiger partial charge in [0, 0.05) is 5.69 Å². The van der Waals surface area contributed by atoms with E-state index in [9.17, 15) is 4.79 Å². The molecule has 0 aromatic heterocycles. The molecule has 0 fully saturated rings. The van der Waals surface area contributed by atoms with Gasteiger partial charge in [-0.15, -0.1) is 0 Å². The number of benzene rings is 1. The molecule has 4 nitrogen and oxygen atoms in total. The van der Waals surface area contributed by atoms with E-state index < -0.39 is 6.04 Å². The van der Waals surface area contributed by atoms with Gasteiger partial charge in [-0.05, 0) is 25.1 Å². The van der Waals surface area contributed by atoms with Crippen LogP contribution < -0.4 is 11.1 Å². The van der Waals surface area contributed by atoms with E-state index in [1.165, 1.54) is 6.07 Å². The number of nitriles is 1. The van der Waals surface area contributed by atoms with Crippen LogP contribution in [0.5, 0.6) is 0 Å². The van der Waals surface area contributed by atoms with E-state index in [1.807, 2.05) is 6.07 Å². The van der Waals surface area contributed by atoms with Crippen molar-refractivity contribution < 1.29 is 4.79 Å². The molecule has 1 amide bonds. The Morgan fingerprint density at radius 2 is 2.33 bits per heavy atom. The number of amides is 1. The molecule has 78 valence electrons. The second-order valence-electron chi connectivity index (χ2n) is 3.08. The van der Waals surface area contributed by atoms with Crippen molar-refractivity contribution in [2.75, 3.05) is 5.32 Å². The van der Waals surface area contributed by atoms with Gasteiger partial charge in [-0.1, -0.05) is 11.6 Å². The molecule has 0 saturated carbocycles. The molecule has 0 radical (unpaired) electrons. The number of carbonyl (C=O) groups is 1.